The molecule has 0 aliphatic heterocycles. The summed E-state index contributed by atoms with van der Waals surface area (Å²) >= 11 is 0. The second-order valence-corrected chi connectivity index (χ2v) is 13.1. The Morgan fingerprint density at radius 1 is 1.16 bits per heavy atom. The topological polar surface area (TPSA) is 153 Å². The van der Waals surface area contributed by atoms with Crippen LogP contribution in [0.15, 0.2) is 35.2 Å². The number of aldehydes is 1. The second-order valence-electron chi connectivity index (χ2n) is 13.1. The van der Waals surface area contributed by atoms with Crippen molar-refractivity contribution in [3.05, 3.63) is 42.2 Å². The highest BCUT2D eigenvalue weighted by molar-refractivity contribution is 6.05. The minimum Gasteiger partial charge on any atom is -0.444 e. The van der Waals surface area contributed by atoms with Crippen molar-refractivity contribution in [1.29, 1.82) is 0 Å². The van der Waals surface area contributed by atoms with Crippen molar-refractivity contribution >= 4 is 29.8 Å². The van der Waals surface area contributed by atoms with Gasteiger partial charge in [-0.2, -0.15) is 5.10 Å². The summed E-state index contributed by atoms with van der Waals surface area (Å²) in [6.45, 7) is 9.09. The number of hydrogen-bond donors (Lipinski definition) is 2. The number of pyridine rings is 1. The van der Waals surface area contributed by atoms with E-state index >= 15 is 0 Å². The molecule has 3 aromatic heterocycles. The highest BCUT2D eigenvalue weighted by Gasteiger charge is 2.36. The minimum atomic E-state index is -1.30. The van der Waals surface area contributed by atoms with Gasteiger partial charge in [-0.3, -0.25) is 14.8 Å². The minimum absolute atomic E-state index is 0.0684. The first kappa shape index (κ1) is 30.4. The van der Waals surface area contributed by atoms with E-state index in [0.29, 0.717) is 29.4 Å². The van der Waals surface area contributed by atoms with Crippen LogP contribution in [0.4, 0.5) is 16.3 Å². The normalized spacial score (nSPS) is 19.1. The summed E-state index contributed by atoms with van der Waals surface area (Å²) in [5, 5.41) is 18.4. The molecule has 2 amide bonds. The second kappa shape index (κ2) is 11.9. The Morgan fingerprint density at radius 3 is 2.51 bits per heavy atom. The van der Waals surface area contributed by atoms with Crippen LogP contribution < -0.4 is 10.2 Å². The Hall–Kier alpha value is -4.06. The first-order chi connectivity index (χ1) is 20.3. The van der Waals surface area contributed by atoms with Gasteiger partial charge in [-0.15, -0.1) is 0 Å². The van der Waals surface area contributed by atoms with Crippen molar-refractivity contribution in [2.45, 2.75) is 90.4 Å². The number of ether oxygens (including phenoxy) is 1. The standard InChI is InChI=1S/C31H40N6O6/c1-30(2,3)43-29(40)34-25-14-21(12-13-32-25)27-33-23(18-42-27)28(39)36(15-19-6-7-19)24-16-37(35-26(24)31(4,5)41)22-10-8-20(17-38)9-11-22/h12-14,16-20,22,41H,6-11,15H2,1-5H3,(H,32,34,40). The summed E-state index contributed by atoms with van der Waals surface area (Å²) in [6.07, 6.45) is 10.3. The lowest BCUT2D eigenvalue weighted by atomic mass is 9.87. The maximum absolute atomic E-state index is 14.0. The monoisotopic (exact) mass is 592 g/mol. The molecule has 2 fully saturated rings. The maximum Gasteiger partial charge on any atom is 0.413 e. The summed E-state index contributed by atoms with van der Waals surface area (Å²) in [5.41, 5.74) is -0.385. The van der Waals surface area contributed by atoms with E-state index in [-0.39, 0.29) is 35.3 Å². The molecular formula is C31H40N6O6. The number of aliphatic hydroxyl groups is 1. The van der Waals surface area contributed by atoms with Crippen LogP contribution in [-0.4, -0.2) is 55.3 Å². The summed E-state index contributed by atoms with van der Waals surface area (Å²) in [6, 6.07) is 3.33. The molecule has 0 saturated heterocycles. The molecule has 0 unspecified atom stereocenters. The quantitative estimate of drug-likeness (QED) is 0.307. The third-order valence-corrected chi connectivity index (χ3v) is 7.63. The highest BCUT2D eigenvalue weighted by atomic mass is 16.6. The fraction of sp³-hybridized carbons (Fsp3) is 0.548. The molecule has 0 spiro atoms. The van der Waals surface area contributed by atoms with Crippen LogP contribution in [0.1, 0.15) is 95.4 Å². The number of oxazole rings is 1. The van der Waals surface area contributed by atoms with E-state index in [4.69, 9.17) is 14.3 Å². The van der Waals surface area contributed by atoms with E-state index in [0.717, 1.165) is 44.8 Å². The molecule has 12 nitrogen and oxygen atoms in total. The number of anilines is 2. The number of carbonyl (C=O) groups is 3. The number of rotatable bonds is 9. The Morgan fingerprint density at radius 2 is 1.88 bits per heavy atom. The summed E-state index contributed by atoms with van der Waals surface area (Å²) in [5.74, 6) is 0.488. The fourth-order valence-corrected chi connectivity index (χ4v) is 5.24. The van der Waals surface area contributed by atoms with Gasteiger partial charge in [0.1, 0.15) is 35.3 Å². The van der Waals surface area contributed by atoms with Crippen molar-refractivity contribution < 1.29 is 28.6 Å². The zero-order valence-corrected chi connectivity index (χ0v) is 25.4. The molecule has 12 heteroatoms. The summed E-state index contributed by atoms with van der Waals surface area (Å²) in [7, 11) is 0. The van der Waals surface area contributed by atoms with E-state index in [2.05, 4.69) is 15.3 Å². The van der Waals surface area contributed by atoms with Gasteiger partial charge in [0, 0.05) is 30.4 Å². The summed E-state index contributed by atoms with van der Waals surface area (Å²) in [4.78, 5) is 47.8. The van der Waals surface area contributed by atoms with Gasteiger partial charge in [0.15, 0.2) is 5.69 Å². The van der Waals surface area contributed by atoms with Crippen molar-refractivity contribution in [3.63, 3.8) is 0 Å². The van der Waals surface area contributed by atoms with Gasteiger partial charge in [0.2, 0.25) is 5.89 Å². The van der Waals surface area contributed by atoms with Gasteiger partial charge in [-0.05, 0) is 91.2 Å². The van der Waals surface area contributed by atoms with Crippen molar-refractivity contribution in [2.75, 3.05) is 16.8 Å². The molecule has 2 aliphatic carbocycles. The Bertz CT molecular complexity index is 1470. The van der Waals surface area contributed by atoms with Crippen molar-refractivity contribution in [1.82, 2.24) is 19.7 Å². The first-order valence-electron chi connectivity index (χ1n) is 14.8. The Labute approximate surface area is 250 Å². The lowest BCUT2D eigenvalue weighted by Crippen LogP contribution is -2.35. The number of hydrogen-bond acceptors (Lipinski definition) is 9. The van der Waals surface area contributed by atoms with Crippen LogP contribution in [0.2, 0.25) is 0 Å². The van der Waals surface area contributed by atoms with Gasteiger partial charge in [0.25, 0.3) is 5.91 Å². The number of nitrogens with zero attached hydrogens (tertiary/aromatic N) is 5. The number of aromatic nitrogens is 4. The van der Waals surface area contributed by atoms with Crippen LogP contribution >= 0.6 is 0 Å². The first-order valence-corrected chi connectivity index (χ1v) is 14.8. The molecule has 0 bridgehead atoms. The molecule has 0 radical (unpaired) electrons. The molecule has 2 aliphatic rings. The van der Waals surface area contributed by atoms with Crippen LogP contribution in [0.5, 0.6) is 0 Å². The predicted octanol–water partition coefficient (Wildman–Crippen LogP) is 5.49. The van der Waals surface area contributed by atoms with Gasteiger partial charge in [-0.25, -0.2) is 14.8 Å². The average molecular weight is 593 g/mol. The van der Waals surface area contributed by atoms with Gasteiger partial charge >= 0.3 is 6.09 Å². The van der Waals surface area contributed by atoms with Gasteiger partial charge < -0.3 is 24.0 Å². The zero-order chi connectivity index (χ0) is 30.9. The van der Waals surface area contributed by atoms with E-state index in [1.807, 2.05) is 10.9 Å². The SMILES string of the molecule is CC(C)(C)OC(=O)Nc1cc(-c2nc(C(=O)N(CC3CC3)c3cn(C4CCC(C=O)CC4)nc3C(C)(C)O)co2)ccn1. The number of nitrogens with one attached hydrogen (secondary N) is 1. The van der Waals surface area contributed by atoms with Crippen LogP contribution in [0.25, 0.3) is 11.5 Å². The Balaban J connectivity index is 1.40. The number of amides is 2. The molecule has 2 N–H and O–H groups in total. The van der Waals surface area contributed by atoms with Gasteiger partial charge in [0.05, 0.1) is 11.7 Å². The molecular weight excluding hydrogens is 552 g/mol. The Kier molecular flexibility index (Phi) is 8.42. The van der Waals surface area contributed by atoms with Gasteiger partial charge in [-0.1, -0.05) is 0 Å². The van der Waals surface area contributed by atoms with Crippen LogP contribution in [0.3, 0.4) is 0 Å². The lowest BCUT2D eigenvalue weighted by molar-refractivity contribution is -0.112. The lowest BCUT2D eigenvalue weighted by Gasteiger charge is -2.25. The van der Waals surface area contributed by atoms with E-state index in [9.17, 15) is 19.5 Å². The average Bonchev–Trinajstić information content (AvgIpc) is 3.42. The predicted molar refractivity (Wildman–Crippen MR) is 159 cm³/mol. The molecule has 5 rings (SSSR count). The van der Waals surface area contributed by atoms with Crippen molar-refractivity contribution in [3.8, 4) is 11.5 Å². The third-order valence-electron chi connectivity index (χ3n) is 7.63. The van der Waals surface area contributed by atoms with Crippen LogP contribution in [-0.2, 0) is 15.1 Å². The van der Waals surface area contributed by atoms with E-state index in [1.165, 1.54) is 12.5 Å². The smallest absolute Gasteiger partial charge is 0.413 e. The maximum atomic E-state index is 14.0. The van der Waals surface area contributed by atoms with E-state index in [1.54, 1.807) is 51.7 Å². The highest BCUT2D eigenvalue weighted by Crippen LogP contribution is 2.38. The molecule has 0 atom stereocenters. The molecule has 3 heterocycles. The third kappa shape index (κ3) is 7.48. The molecule has 3 aromatic rings. The van der Waals surface area contributed by atoms with Crippen molar-refractivity contribution in [2.24, 2.45) is 11.8 Å². The molecule has 2 saturated carbocycles. The zero-order valence-electron chi connectivity index (χ0n) is 25.4. The largest absolute Gasteiger partial charge is 0.444 e. The van der Waals surface area contributed by atoms with Crippen LogP contribution in [0, 0.1) is 11.8 Å². The fourth-order valence-electron chi connectivity index (χ4n) is 5.24. The van der Waals surface area contributed by atoms with E-state index < -0.39 is 17.3 Å². The molecule has 0 aromatic carbocycles. The molecule has 43 heavy (non-hydrogen) atoms. The number of carbonyl (C=O) groups excluding carboxylic acids is 3. The summed E-state index contributed by atoms with van der Waals surface area (Å²) < 4.78 is 12.9. The molecule has 230 valence electrons.